The maximum atomic E-state index is 12.2. The van der Waals surface area contributed by atoms with Gasteiger partial charge < -0.3 is 20.5 Å². The van der Waals surface area contributed by atoms with E-state index in [4.69, 9.17) is 9.84 Å². The van der Waals surface area contributed by atoms with Crippen LogP contribution in [0.3, 0.4) is 0 Å². The molecule has 1 aromatic carbocycles. The summed E-state index contributed by atoms with van der Waals surface area (Å²) in [7, 11) is 0. The van der Waals surface area contributed by atoms with Gasteiger partial charge >= 0.3 is 5.97 Å². The number of hydrogen-bond donors (Lipinski definition) is 3. The first-order chi connectivity index (χ1) is 13.0. The largest absolute Gasteiger partial charge is 0.493 e. The van der Waals surface area contributed by atoms with Crippen molar-refractivity contribution in [2.75, 3.05) is 18.5 Å². The Balaban J connectivity index is 1.73. The van der Waals surface area contributed by atoms with Crippen molar-refractivity contribution in [1.29, 1.82) is 0 Å². The van der Waals surface area contributed by atoms with E-state index in [2.05, 4.69) is 15.7 Å². The molecule has 9 nitrogen and oxygen atoms in total. The molecule has 2 rings (SSSR count). The molecule has 27 heavy (non-hydrogen) atoms. The van der Waals surface area contributed by atoms with Crippen LogP contribution in [-0.2, 0) is 16.1 Å². The lowest BCUT2D eigenvalue weighted by molar-refractivity contribution is -0.137. The van der Waals surface area contributed by atoms with Crippen LogP contribution >= 0.6 is 0 Å². The Labute approximate surface area is 156 Å². The number of anilines is 1. The molecule has 2 amide bonds. The van der Waals surface area contributed by atoms with Gasteiger partial charge in [0.05, 0.1) is 12.2 Å². The molecule has 0 unspecified atom stereocenters. The zero-order valence-corrected chi connectivity index (χ0v) is 15.0. The number of nitrogens with zero attached hydrogens (tertiary/aromatic N) is 2. The molecular formula is C18H22N4O5. The Bertz CT molecular complexity index is 803. The molecule has 0 fully saturated rings. The second-order valence-electron chi connectivity index (χ2n) is 5.63. The number of aromatic nitrogens is 2. The van der Waals surface area contributed by atoms with E-state index in [1.807, 2.05) is 6.92 Å². The Hall–Kier alpha value is -3.36. The number of aliphatic carboxylic acids is 1. The van der Waals surface area contributed by atoms with Gasteiger partial charge in [-0.3, -0.25) is 19.1 Å². The first-order valence-corrected chi connectivity index (χ1v) is 8.54. The molecule has 0 radical (unpaired) electrons. The summed E-state index contributed by atoms with van der Waals surface area (Å²) in [5.74, 6) is -0.729. The molecular weight excluding hydrogens is 352 g/mol. The number of ether oxygens (including phenoxy) is 1. The van der Waals surface area contributed by atoms with Crippen LogP contribution in [0.2, 0.25) is 0 Å². The molecule has 1 aromatic heterocycles. The van der Waals surface area contributed by atoms with Crippen LogP contribution in [0, 0.1) is 0 Å². The van der Waals surface area contributed by atoms with Gasteiger partial charge in [0.1, 0.15) is 12.3 Å². The lowest BCUT2D eigenvalue weighted by Gasteiger charge is -2.10. The fourth-order valence-electron chi connectivity index (χ4n) is 2.34. The average molecular weight is 374 g/mol. The molecule has 0 spiro atoms. The number of carbonyl (C=O) groups excluding carboxylic acids is 2. The van der Waals surface area contributed by atoms with Crippen molar-refractivity contribution >= 4 is 23.6 Å². The van der Waals surface area contributed by atoms with Crippen molar-refractivity contribution in [2.45, 2.75) is 26.3 Å². The minimum absolute atomic E-state index is 0.194. The maximum absolute atomic E-state index is 12.2. The van der Waals surface area contributed by atoms with E-state index in [0.29, 0.717) is 30.9 Å². The topological polar surface area (TPSA) is 123 Å². The minimum atomic E-state index is -1.02. The molecule has 0 bridgehead atoms. The highest BCUT2D eigenvalue weighted by Crippen LogP contribution is 2.17. The smallest absolute Gasteiger partial charge is 0.325 e. The molecule has 0 saturated heterocycles. The normalized spacial score (nSPS) is 10.3. The van der Waals surface area contributed by atoms with Gasteiger partial charge in [-0.15, -0.1) is 0 Å². The number of carbonyl (C=O) groups is 3. The zero-order valence-electron chi connectivity index (χ0n) is 15.0. The number of hydrogen-bond acceptors (Lipinski definition) is 5. The Morgan fingerprint density at radius 1 is 1.22 bits per heavy atom. The highest BCUT2D eigenvalue weighted by Gasteiger charge is 2.12. The van der Waals surface area contributed by atoms with Crippen molar-refractivity contribution in [3.05, 3.63) is 42.1 Å². The van der Waals surface area contributed by atoms with Crippen molar-refractivity contribution in [1.82, 2.24) is 15.1 Å². The third kappa shape index (κ3) is 6.46. The first-order valence-electron chi connectivity index (χ1n) is 8.54. The lowest BCUT2D eigenvalue weighted by atomic mass is 10.2. The molecule has 1 heterocycles. The van der Waals surface area contributed by atoms with E-state index < -0.39 is 5.97 Å². The fraction of sp³-hybridized carbons (Fsp3) is 0.333. The summed E-state index contributed by atoms with van der Waals surface area (Å²) in [5.41, 5.74) is 0.452. The monoisotopic (exact) mass is 374 g/mol. The predicted octanol–water partition coefficient (Wildman–Crippen LogP) is 1.52. The van der Waals surface area contributed by atoms with Crippen molar-refractivity contribution < 1.29 is 24.2 Å². The van der Waals surface area contributed by atoms with E-state index >= 15 is 0 Å². The van der Waals surface area contributed by atoms with Gasteiger partial charge in [0, 0.05) is 25.2 Å². The van der Waals surface area contributed by atoms with E-state index in [0.717, 1.165) is 0 Å². The molecule has 0 atom stereocenters. The van der Waals surface area contributed by atoms with Crippen molar-refractivity contribution in [3.8, 4) is 5.75 Å². The van der Waals surface area contributed by atoms with Crippen LogP contribution in [0.25, 0.3) is 0 Å². The van der Waals surface area contributed by atoms with Crippen LogP contribution < -0.4 is 15.4 Å². The molecule has 0 aliphatic carbocycles. The minimum Gasteiger partial charge on any atom is -0.493 e. The summed E-state index contributed by atoms with van der Waals surface area (Å²) in [4.78, 5) is 34.7. The summed E-state index contributed by atoms with van der Waals surface area (Å²) in [6.07, 6.45) is 2.11. The SMILES string of the molecule is CCOc1ccccc1C(=O)NCCCC(=O)Nc1ccn(CC(=O)O)n1. The number of nitrogens with one attached hydrogen (secondary N) is 2. The number of carboxylic acid groups (broad SMARTS) is 1. The number of rotatable bonds is 10. The number of amides is 2. The van der Waals surface area contributed by atoms with Crippen molar-refractivity contribution in [3.63, 3.8) is 0 Å². The van der Waals surface area contributed by atoms with Gasteiger partial charge in [-0.05, 0) is 25.5 Å². The highest BCUT2D eigenvalue weighted by molar-refractivity contribution is 5.97. The van der Waals surface area contributed by atoms with Gasteiger partial charge in [-0.25, -0.2) is 0 Å². The van der Waals surface area contributed by atoms with Crippen LogP contribution in [0.5, 0.6) is 5.75 Å². The van der Waals surface area contributed by atoms with E-state index in [1.54, 1.807) is 24.3 Å². The van der Waals surface area contributed by atoms with Crippen LogP contribution in [-0.4, -0.2) is 45.8 Å². The first kappa shape index (κ1) is 20.0. The fourth-order valence-corrected chi connectivity index (χ4v) is 2.34. The molecule has 2 aromatic rings. The summed E-state index contributed by atoms with van der Waals surface area (Å²) in [5, 5.41) is 18.0. The summed E-state index contributed by atoms with van der Waals surface area (Å²) < 4.78 is 6.64. The van der Waals surface area contributed by atoms with E-state index in [9.17, 15) is 14.4 Å². The summed E-state index contributed by atoms with van der Waals surface area (Å²) in [6, 6.07) is 8.49. The van der Waals surface area contributed by atoms with E-state index in [-0.39, 0.29) is 30.6 Å². The van der Waals surface area contributed by atoms with Crippen molar-refractivity contribution in [2.24, 2.45) is 0 Å². The Morgan fingerprint density at radius 3 is 2.74 bits per heavy atom. The van der Waals surface area contributed by atoms with Gasteiger partial charge in [-0.2, -0.15) is 5.10 Å². The standard InChI is InChI=1S/C18H22N4O5/c1-2-27-14-7-4-3-6-13(14)18(26)19-10-5-8-16(23)20-15-9-11-22(21-15)12-17(24)25/h3-4,6-7,9,11H,2,5,8,10,12H2,1H3,(H,19,26)(H,24,25)(H,20,21,23). The lowest BCUT2D eigenvalue weighted by Crippen LogP contribution is -2.26. The average Bonchev–Trinajstić information content (AvgIpc) is 3.05. The predicted molar refractivity (Wildman–Crippen MR) is 97.7 cm³/mol. The van der Waals surface area contributed by atoms with Crippen LogP contribution in [0.15, 0.2) is 36.5 Å². The van der Waals surface area contributed by atoms with Gasteiger partial charge in [0.25, 0.3) is 5.91 Å². The second kappa shape index (κ2) is 9.95. The molecule has 0 aliphatic heterocycles. The Morgan fingerprint density at radius 2 is 2.00 bits per heavy atom. The van der Waals surface area contributed by atoms with Gasteiger partial charge in [-0.1, -0.05) is 12.1 Å². The van der Waals surface area contributed by atoms with Crippen LogP contribution in [0.1, 0.15) is 30.1 Å². The third-order valence-corrected chi connectivity index (χ3v) is 3.50. The maximum Gasteiger partial charge on any atom is 0.325 e. The second-order valence-corrected chi connectivity index (χ2v) is 5.63. The molecule has 3 N–H and O–H groups in total. The molecule has 0 saturated carbocycles. The Kier molecular flexibility index (Phi) is 7.36. The van der Waals surface area contributed by atoms with E-state index in [1.165, 1.54) is 16.9 Å². The van der Waals surface area contributed by atoms with Gasteiger partial charge in [0.15, 0.2) is 5.82 Å². The molecule has 144 valence electrons. The summed E-state index contributed by atoms with van der Waals surface area (Å²) in [6.45, 7) is 2.37. The highest BCUT2D eigenvalue weighted by atomic mass is 16.5. The third-order valence-electron chi connectivity index (χ3n) is 3.50. The quantitative estimate of drug-likeness (QED) is 0.542. The number of carboxylic acids is 1. The zero-order chi connectivity index (χ0) is 19.6. The number of benzene rings is 1. The number of para-hydroxylation sites is 1. The van der Waals surface area contributed by atoms with Crippen LogP contribution in [0.4, 0.5) is 5.82 Å². The molecule has 9 heteroatoms. The molecule has 0 aliphatic rings. The summed E-state index contributed by atoms with van der Waals surface area (Å²) >= 11 is 0. The van der Waals surface area contributed by atoms with Gasteiger partial charge in [0.2, 0.25) is 5.91 Å².